The van der Waals surface area contributed by atoms with E-state index in [0.29, 0.717) is 24.1 Å². The van der Waals surface area contributed by atoms with Crippen molar-refractivity contribution in [3.63, 3.8) is 0 Å². The van der Waals surface area contributed by atoms with Crippen LogP contribution in [0.1, 0.15) is 30.5 Å². The third-order valence-corrected chi connectivity index (χ3v) is 3.17. The Morgan fingerprint density at radius 2 is 2.40 bits per heavy atom. The van der Waals surface area contributed by atoms with E-state index in [1.807, 2.05) is 12.1 Å². The largest absolute Gasteiger partial charge is 0.481 e. The Balaban J connectivity index is 1.76. The van der Waals surface area contributed by atoms with Gasteiger partial charge >= 0.3 is 0 Å². The molecule has 2 aromatic rings. The van der Waals surface area contributed by atoms with Crippen LogP contribution in [0.4, 0.5) is 5.82 Å². The Labute approximate surface area is 117 Å². The molecular weight excluding hydrogens is 258 g/mol. The van der Waals surface area contributed by atoms with Gasteiger partial charge in [-0.05, 0) is 25.0 Å². The van der Waals surface area contributed by atoms with Gasteiger partial charge in [-0.15, -0.1) is 0 Å². The highest BCUT2D eigenvalue weighted by Crippen LogP contribution is 2.28. The van der Waals surface area contributed by atoms with Crippen LogP contribution in [-0.4, -0.2) is 23.7 Å². The number of aromatic nitrogens is 2. The van der Waals surface area contributed by atoms with E-state index in [1.54, 1.807) is 19.4 Å². The highest BCUT2D eigenvalue weighted by atomic mass is 16.5. The number of methoxy groups -OCH3 is 1. The molecule has 3 heterocycles. The fourth-order valence-electron chi connectivity index (χ4n) is 2.15. The summed E-state index contributed by atoms with van der Waals surface area (Å²) in [6, 6.07) is 5.53. The molecule has 1 unspecified atom stereocenters. The van der Waals surface area contributed by atoms with Crippen molar-refractivity contribution in [3.05, 3.63) is 36.0 Å². The van der Waals surface area contributed by atoms with Crippen LogP contribution in [-0.2, 0) is 11.3 Å². The predicted octanol–water partition coefficient (Wildman–Crippen LogP) is 2.54. The molecule has 1 N–H and O–H groups in total. The Kier molecular flexibility index (Phi) is 3.83. The summed E-state index contributed by atoms with van der Waals surface area (Å²) >= 11 is 0. The van der Waals surface area contributed by atoms with Crippen molar-refractivity contribution in [3.8, 4) is 5.88 Å². The molecule has 0 saturated carbocycles. The Bertz CT molecular complexity index is 551. The zero-order valence-electron chi connectivity index (χ0n) is 11.3. The number of hydrogen-bond acceptors (Lipinski definition) is 6. The van der Waals surface area contributed by atoms with Gasteiger partial charge in [0.05, 0.1) is 19.9 Å². The summed E-state index contributed by atoms with van der Waals surface area (Å²) in [6.07, 6.45) is 3.61. The number of furan rings is 1. The third kappa shape index (κ3) is 2.91. The zero-order chi connectivity index (χ0) is 13.8. The summed E-state index contributed by atoms with van der Waals surface area (Å²) < 4.78 is 16.1. The monoisotopic (exact) mass is 275 g/mol. The first kappa shape index (κ1) is 12.9. The van der Waals surface area contributed by atoms with Crippen LogP contribution in [0.3, 0.4) is 0 Å². The SMILES string of the molecule is COc1cc(NCc2ccco2)nc(C2CCCO2)n1. The molecule has 2 aromatic heterocycles. The lowest BCUT2D eigenvalue weighted by molar-refractivity contribution is 0.104. The molecule has 3 rings (SSSR count). The van der Waals surface area contributed by atoms with Crippen LogP contribution in [0.5, 0.6) is 5.88 Å². The highest BCUT2D eigenvalue weighted by molar-refractivity contribution is 5.39. The molecule has 1 saturated heterocycles. The molecule has 106 valence electrons. The topological polar surface area (TPSA) is 69.4 Å². The quantitative estimate of drug-likeness (QED) is 0.904. The summed E-state index contributed by atoms with van der Waals surface area (Å²) in [4.78, 5) is 8.85. The molecular formula is C14H17N3O3. The minimum Gasteiger partial charge on any atom is -0.481 e. The number of rotatable bonds is 5. The van der Waals surface area contributed by atoms with E-state index in [-0.39, 0.29) is 6.10 Å². The van der Waals surface area contributed by atoms with Gasteiger partial charge in [-0.25, -0.2) is 4.98 Å². The summed E-state index contributed by atoms with van der Waals surface area (Å²) in [6.45, 7) is 1.33. The van der Waals surface area contributed by atoms with Gasteiger partial charge in [0.15, 0.2) is 5.82 Å². The summed E-state index contributed by atoms with van der Waals surface area (Å²) in [5.41, 5.74) is 0. The molecule has 0 aromatic carbocycles. The molecule has 20 heavy (non-hydrogen) atoms. The van der Waals surface area contributed by atoms with Crippen molar-refractivity contribution in [2.45, 2.75) is 25.5 Å². The van der Waals surface area contributed by atoms with Gasteiger partial charge in [0, 0.05) is 12.7 Å². The predicted molar refractivity (Wildman–Crippen MR) is 72.5 cm³/mol. The number of hydrogen-bond donors (Lipinski definition) is 1. The lowest BCUT2D eigenvalue weighted by Crippen LogP contribution is -2.08. The molecule has 0 bridgehead atoms. The van der Waals surface area contributed by atoms with E-state index in [1.165, 1.54) is 0 Å². The van der Waals surface area contributed by atoms with Crippen molar-refractivity contribution >= 4 is 5.82 Å². The molecule has 0 aliphatic carbocycles. The maximum Gasteiger partial charge on any atom is 0.218 e. The van der Waals surface area contributed by atoms with Gasteiger partial charge in [0.1, 0.15) is 17.7 Å². The van der Waals surface area contributed by atoms with Crippen LogP contribution in [0, 0.1) is 0 Å². The second kappa shape index (κ2) is 5.92. The molecule has 1 fully saturated rings. The molecule has 1 atom stereocenters. The first-order valence-electron chi connectivity index (χ1n) is 6.66. The minimum absolute atomic E-state index is 0.0331. The summed E-state index contributed by atoms with van der Waals surface area (Å²) in [5, 5.41) is 3.21. The van der Waals surface area contributed by atoms with E-state index in [4.69, 9.17) is 13.9 Å². The van der Waals surface area contributed by atoms with Crippen LogP contribution in [0.2, 0.25) is 0 Å². The van der Waals surface area contributed by atoms with Gasteiger partial charge < -0.3 is 19.2 Å². The molecule has 6 nitrogen and oxygen atoms in total. The van der Waals surface area contributed by atoms with Gasteiger partial charge in [0.2, 0.25) is 5.88 Å². The fraction of sp³-hybridized carbons (Fsp3) is 0.429. The number of nitrogens with zero attached hydrogens (tertiary/aromatic N) is 2. The van der Waals surface area contributed by atoms with Crippen LogP contribution in [0.15, 0.2) is 28.9 Å². The van der Waals surface area contributed by atoms with Crippen LogP contribution in [0.25, 0.3) is 0 Å². The number of anilines is 1. The van der Waals surface area contributed by atoms with Crippen molar-refractivity contribution < 1.29 is 13.9 Å². The average Bonchev–Trinajstić information content (AvgIpc) is 3.17. The summed E-state index contributed by atoms with van der Waals surface area (Å²) in [5.74, 6) is 2.76. The van der Waals surface area contributed by atoms with Gasteiger partial charge in [-0.1, -0.05) is 0 Å². The first-order valence-corrected chi connectivity index (χ1v) is 6.66. The van der Waals surface area contributed by atoms with Crippen LogP contribution < -0.4 is 10.1 Å². The smallest absolute Gasteiger partial charge is 0.218 e. The van der Waals surface area contributed by atoms with E-state index in [2.05, 4.69) is 15.3 Å². The third-order valence-electron chi connectivity index (χ3n) is 3.17. The Morgan fingerprint density at radius 1 is 1.45 bits per heavy atom. The highest BCUT2D eigenvalue weighted by Gasteiger charge is 2.21. The number of ether oxygens (including phenoxy) is 2. The fourth-order valence-corrected chi connectivity index (χ4v) is 2.15. The lowest BCUT2D eigenvalue weighted by atomic mass is 10.2. The first-order chi connectivity index (χ1) is 9.85. The van der Waals surface area contributed by atoms with E-state index in [9.17, 15) is 0 Å². The van der Waals surface area contributed by atoms with Gasteiger partial charge in [0.25, 0.3) is 0 Å². The maximum atomic E-state index is 5.62. The molecule has 6 heteroatoms. The zero-order valence-corrected chi connectivity index (χ0v) is 11.3. The van der Waals surface area contributed by atoms with Crippen molar-refractivity contribution in [1.82, 2.24) is 9.97 Å². The van der Waals surface area contributed by atoms with Gasteiger partial charge in [-0.2, -0.15) is 4.98 Å². The Morgan fingerprint density at radius 3 is 3.10 bits per heavy atom. The van der Waals surface area contributed by atoms with E-state index < -0.39 is 0 Å². The molecule has 1 aliphatic heterocycles. The normalized spacial score (nSPS) is 18.1. The molecule has 0 radical (unpaired) electrons. The molecule has 0 amide bonds. The number of nitrogens with one attached hydrogen (secondary N) is 1. The van der Waals surface area contributed by atoms with E-state index >= 15 is 0 Å². The van der Waals surface area contributed by atoms with Crippen molar-refractivity contribution in [2.75, 3.05) is 19.0 Å². The molecule has 0 spiro atoms. The van der Waals surface area contributed by atoms with E-state index in [0.717, 1.165) is 25.2 Å². The minimum atomic E-state index is -0.0331. The lowest BCUT2D eigenvalue weighted by Gasteiger charge is -2.12. The van der Waals surface area contributed by atoms with Crippen LogP contribution >= 0.6 is 0 Å². The average molecular weight is 275 g/mol. The second-order valence-corrected chi connectivity index (χ2v) is 4.59. The molecule has 1 aliphatic rings. The van der Waals surface area contributed by atoms with Crippen molar-refractivity contribution in [1.29, 1.82) is 0 Å². The standard InChI is InChI=1S/C14H17N3O3/c1-18-13-8-12(15-9-10-4-2-6-19-10)16-14(17-13)11-5-3-7-20-11/h2,4,6,8,11H,3,5,7,9H2,1H3,(H,15,16,17). The summed E-state index contributed by atoms with van der Waals surface area (Å²) in [7, 11) is 1.60. The second-order valence-electron chi connectivity index (χ2n) is 4.59. The van der Waals surface area contributed by atoms with Gasteiger partial charge in [-0.3, -0.25) is 0 Å². The maximum absolute atomic E-state index is 5.62. The Hall–Kier alpha value is -2.08. The van der Waals surface area contributed by atoms with Crippen molar-refractivity contribution in [2.24, 2.45) is 0 Å².